The topological polar surface area (TPSA) is 38.3 Å². The molecule has 0 aliphatic rings. The van der Waals surface area contributed by atoms with Crippen molar-refractivity contribution in [2.45, 2.75) is 19.4 Å². The number of carbonyl (C=O) groups excluding carboxylic acids is 1. The van der Waals surface area contributed by atoms with Gasteiger partial charge in [0, 0.05) is 17.4 Å². The lowest BCUT2D eigenvalue weighted by Gasteiger charge is -2.07. The second kappa shape index (κ2) is 8.47. The predicted molar refractivity (Wildman–Crippen MR) is 87.2 cm³/mol. The third-order valence-electron chi connectivity index (χ3n) is 2.96. The van der Waals surface area contributed by atoms with Crippen LogP contribution >= 0.6 is 15.9 Å². The average molecular weight is 348 g/mol. The smallest absolute Gasteiger partial charge is 0.220 e. The molecule has 0 saturated carbocycles. The van der Waals surface area contributed by atoms with Gasteiger partial charge in [-0.05, 0) is 36.2 Å². The Morgan fingerprint density at radius 1 is 1.05 bits per heavy atom. The summed E-state index contributed by atoms with van der Waals surface area (Å²) in [4.78, 5) is 11.7. The quantitative estimate of drug-likeness (QED) is 0.770. The van der Waals surface area contributed by atoms with E-state index >= 15 is 0 Å². The molecule has 0 aliphatic carbocycles. The van der Waals surface area contributed by atoms with E-state index in [0.29, 0.717) is 26.0 Å². The van der Waals surface area contributed by atoms with Crippen LogP contribution in [0.2, 0.25) is 0 Å². The molecule has 0 bridgehead atoms. The molecule has 3 nitrogen and oxygen atoms in total. The number of ether oxygens (including phenoxy) is 1. The van der Waals surface area contributed by atoms with Crippen LogP contribution in [0, 0.1) is 0 Å². The molecule has 110 valence electrons. The maximum absolute atomic E-state index is 11.7. The maximum Gasteiger partial charge on any atom is 0.220 e. The zero-order chi connectivity index (χ0) is 14.9. The summed E-state index contributed by atoms with van der Waals surface area (Å²) in [6.45, 7) is 1.12. The molecule has 0 unspecified atom stereocenters. The van der Waals surface area contributed by atoms with Crippen LogP contribution in [0.5, 0.6) is 5.75 Å². The highest BCUT2D eigenvalue weighted by molar-refractivity contribution is 9.10. The Hall–Kier alpha value is -1.81. The van der Waals surface area contributed by atoms with Crippen molar-refractivity contribution in [3.05, 3.63) is 64.6 Å². The molecule has 4 heteroatoms. The van der Waals surface area contributed by atoms with Gasteiger partial charge in [0.1, 0.15) is 5.75 Å². The van der Waals surface area contributed by atoms with Gasteiger partial charge in [-0.25, -0.2) is 0 Å². The number of amides is 1. The van der Waals surface area contributed by atoms with Gasteiger partial charge in [-0.2, -0.15) is 0 Å². The lowest BCUT2D eigenvalue weighted by molar-refractivity contribution is -0.121. The first kappa shape index (κ1) is 15.6. The van der Waals surface area contributed by atoms with Gasteiger partial charge in [-0.1, -0.05) is 46.3 Å². The van der Waals surface area contributed by atoms with Crippen LogP contribution in [-0.4, -0.2) is 12.5 Å². The molecule has 0 radical (unpaired) electrons. The van der Waals surface area contributed by atoms with Gasteiger partial charge in [0.05, 0.1) is 6.61 Å². The van der Waals surface area contributed by atoms with Crippen molar-refractivity contribution in [2.24, 2.45) is 0 Å². The van der Waals surface area contributed by atoms with Crippen LogP contribution < -0.4 is 10.1 Å². The van der Waals surface area contributed by atoms with Gasteiger partial charge in [0.2, 0.25) is 5.91 Å². The molecule has 0 atom stereocenters. The third-order valence-corrected chi connectivity index (χ3v) is 3.49. The van der Waals surface area contributed by atoms with E-state index in [2.05, 4.69) is 21.2 Å². The minimum Gasteiger partial charge on any atom is -0.494 e. The molecule has 0 heterocycles. The number of hydrogen-bond acceptors (Lipinski definition) is 2. The molecule has 2 aromatic carbocycles. The number of nitrogens with one attached hydrogen (secondary N) is 1. The van der Waals surface area contributed by atoms with E-state index in [1.165, 1.54) is 0 Å². The summed E-state index contributed by atoms with van der Waals surface area (Å²) in [5, 5.41) is 2.90. The summed E-state index contributed by atoms with van der Waals surface area (Å²) < 4.78 is 6.60. The second-order valence-corrected chi connectivity index (χ2v) is 5.58. The first-order valence-corrected chi connectivity index (χ1v) is 7.72. The number of hydrogen-bond donors (Lipinski definition) is 1. The molecule has 2 rings (SSSR count). The molecular formula is C17H18BrNO2. The van der Waals surface area contributed by atoms with Crippen molar-refractivity contribution in [3.63, 3.8) is 0 Å². The lowest BCUT2D eigenvalue weighted by Crippen LogP contribution is -2.22. The van der Waals surface area contributed by atoms with Crippen molar-refractivity contribution >= 4 is 21.8 Å². The standard InChI is InChI=1S/C17H18BrNO2/c18-15-8-10-16(11-9-15)21-12-4-7-17(20)19-13-14-5-2-1-3-6-14/h1-3,5-6,8-11H,4,7,12-13H2,(H,19,20). The average Bonchev–Trinajstić information content (AvgIpc) is 2.52. The Kier molecular flexibility index (Phi) is 6.28. The highest BCUT2D eigenvalue weighted by atomic mass is 79.9. The van der Waals surface area contributed by atoms with Gasteiger partial charge < -0.3 is 10.1 Å². The highest BCUT2D eigenvalue weighted by Gasteiger charge is 2.01. The second-order valence-electron chi connectivity index (χ2n) is 4.67. The zero-order valence-electron chi connectivity index (χ0n) is 11.7. The number of carbonyl (C=O) groups is 1. The largest absolute Gasteiger partial charge is 0.494 e. The SMILES string of the molecule is O=C(CCCOc1ccc(Br)cc1)NCc1ccccc1. The summed E-state index contributed by atoms with van der Waals surface area (Å²) in [5.74, 6) is 0.876. The molecule has 0 saturated heterocycles. The van der Waals surface area contributed by atoms with E-state index in [1.807, 2.05) is 54.6 Å². The number of rotatable bonds is 7. The van der Waals surface area contributed by atoms with Crippen LogP contribution in [0.3, 0.4) is 0 Å². The van der Waals surface area contributed by atoms with Crippen LogP contribution in [0.4, 0.5) is 0 Å². The van der Waals surface area contributed by atoms with Crippen LogP contribution in [0.25, 0.3) is 0 Å². The maximum atomic E-state index is 11.7. The van der Waals surface area contributed by atoms with Gasteiger partial charge in [0.15, 0.2) is 0 Å². The lowest BCUT2D eigenvalue weighted by atomic mass is 10.2. The first-order valence-electron chi connectivity index (χ1n) is 6.93. The summed E-state index contributed by atoms with van der Waals surface area (Å²) in [5.41, 5.74) is 1.11. The van der Waals surface area contributed by atoms with Gasteiger partial charge in [0.25, 0.3) is 0 Å². The highest BCUT2D eigenvalue weighted by Crippen LogP contribution is 2.16. The Morgan fingerprint density at radius 3 is 2.48 bits per heavy atom. The van der Waals surface area contributed by atoms with Crippen molar-refractivity contribution in [2.75, 3.05) is 6.61 Å². The normalized spacial score (nSPS) is 10.1. The van der Waals surface area contributed by atoms with Gasteiger partial charge in [-0.3, -0.25) is 4.79 Å². The zero-order valence-corrected chi connectivity index (χ0v) is 13.3. The fourth-order valence-corrected chi connectivity index (χ4v) is 2.10. The first-order chi connectivity index (χ1) is 10.2. The number of benzene rings is 2. The minimum absolute atomic E-state index is 0.0539. The van der Waals surface area contributed by atoms with E-state index in [4.69, 9.17) is 4.74 Å². The summed E-state index contributed by atoms with van der Waals surface area (Å²) in [6.07, 6.45) is 1.18. The van der Waals surface area contributed by atoms with Crippen molar-refractivity contribution < 1.29 is 9.53 Å². The molecule has 0 aromatic heterocycles. The van der Waals surface area contributed by atoms with E-state index in [0.717, 1.165) is 15.8 Å². The molecular weight excluding hydrogens is 330 g/mol. The molecule has 2 aromatic rings. The molecule has 0 fully saturated rings. The third kappa shape index (κ3) is 6.00. The summed E-state index contributed by atoms with van der Waals surface area (Å²) >= 11 is 3.37. The van der Waals surface area contributed by atoms with E-state index in [1.54, 1.807) is 0 Å². The van der Waals surface area contributed by atoms with Crippen LogP contribution in [-0.2, 0) is 11.3 Å². The fourth-order valence-electron chi connectivity index (χ4n) is 1.84. The van der Waals surface area contributed by atoms with Gasteiger partial charge >= 0.3 is 0 Å². The van der Waals surface area contributed by atoms with Crippen molar-refractivity contribution in [3.8, 4) is 5.75 Å². The van der Waals surface area contributed by atoms with Crippen molar-refractivity contribution in [1.82, 2.24) is 5.32 Å². The Labute approximate surface area is 133 Å². The molecule has 1 amide bonds. The fraction of sp³-hybridized carbons (Fsp3) is 0.235. The molecule has 0 aliphatic heterocycles. The van der Waals surface area contributed by atoms with Gasteiger partial charge in [-0.15, -0.1) is 0 Å². The van der Waals surface area contributed by atoms with Crippen molar-refractivity contribution in [1.29, 1.82) is 0 Å². The monoisotopic (exact) mass is 347 g/mol. The molecule has 21 heavy (non-hydrogen) atoms. The molecule has 0 spiro atoms. The van der Waals surface area contributed by atoms with E-state index < -0.39 is 0 Å². The Balaban J connectivity index is 1.60. The Bertz CT molecular complexity index is 555. The minimum atomic E-state index is 0.0539. The van der Waals surface area contributed by atoms with Crippen LogP contribution in [0.1, 0.15) is 18.4 Å². The number of halogens is 1. The van der Waals surface area contributed by atoms with E-state index in [9.17, 15) is 4.79 Å². The summed E-state index contributed by atoms with van der Waals surface area (Å²) in [6, 6.07) is 17.6. The van der Waals surface area contributed by atoms with Crippen LogP contribution in [0.15, 0.2) is 59.1 Å². The summed E-state index contributed by atoms with van der Waals surface area (Å²) in [7, 11) is 0. The Morgan fingerprint density at radius 2 is 1.76 bits per heavy atom. The predicted octanol–water partition coefficient (Wildman–Crippen LogP) is 3.92. The van der Waals surface area contributed by atoms with E-state index in [-0.39, 0.29) is 5.91 Å². The molecule has 1 N–H and O–H groups in total.